The zero-order chi connectivity index (χ0) is 16.4. The van der Waals surface area contributed by atoms with Crippen molar-refractivity contribution in [3.63, 3.8) is 0 Å². The van der Waals surface area contributed by atoms with Crippen LogP contribution in [-0.4, -0.2) is 27.8 Å². The first-order valence-corrected chi connectivity index (χ1v) is 7.06. The first kappa shape index (κ1) is 15.5. The van der Waals surface area contributed by atoms with Gasteiger partial charge < -0.3 is 10.5 Å². The van der Waals surface area contributed by atoms with E-state index < -0.39 is 6.36 Å². The molecule has 0 radical (unpaired) electrons. The smallest absolute Gasteiger partial charge is 0.406 e. The fraction of sp³-hybridized carbons (Fsp3) is 0.333. The van der Waals surface area contributed by atoms with Crippen LogP contribution in [0.25, 0.3) is 0 Å². The lowest BCUT2D eigenvalue weighted by Crippen LogP contribution is -2.31. The van der Waals surface area contributed by atoms with E-state index >= 15 is 0 Å². The predicted octanol–water partition coefficient (Wildman–Crippen LogP) is 2.52. The fourth-order valence-corrected chi connectivity index (χ4v) is 2.67. The second-order valence-electron chi connectivity index (χ2n) is 5.34. The van der Waals surface area contributed by atoms with Crippen molar-refractivity contribution in [1.29, 1.82) is 0 Å². The standard InChI is InChI=1S/C15H15F3N4O/c16-15(17,18)23-11-3-1-2-10(6-11)7-22-5-4-12-13(8-22)20-9-21-14(12)19/h1-3,6,9H,4-5,7-8H2,(H2,19,20,21). The molecule has 1 aromatic carbocycles. The number of anilines is 1. The minimum Gasteiger partial charge on any atom is -0.406 e. The Morgan fingerprint density at radius 1 is 1.26 bits per heavy atom. The molecule has 1 aliphatic rings. The Labute approximate surface area is 130 Å². The molecule has 122 valence electrons. The zero-order valence-electron chi connectivity index (χ0n) is 12.2. The number of alkyl halides is 3. The lowest BCUT2D eigenvalue weighted by atomic mass is 10.0. The number of aromatic nitrogens is 2. The molecule has 0 unspecified atom stereocenters. The lowest BCUT2D eigenvalue weighted by Gasteiger charge is -2.28. The van der Waals surface area contributed by atoms with Gasteiger partial charge in [-0.05, 0) is 24.1 Å². The van der Waals surface area contributed by atoms with Gasteiger partial charge in [0, 0.05) is 25.2 Å². The maximum Gasteiger partial charge on any atom is 0.573 e. The highest BCUT2D eigenvalue weighted by Crippen LogP contribution is 2.25. The summed E-state index contributed by atoms with van der Waals surface area (Å²) in [4.78, 5) is 10.3. The molecule has 2 heterocycles. The van der Waals surface area contributed by atoms with E-state index in [0.717, 1.165) is 29.8 Å². The van der Waals surface area contributed by atoms with Gasteiger partial charge in [0.25, 0.3) is 0 Å². The Kier molecular flexibility index (Phi) is 4.08. The summed E-state index contributed by atoms with van der Waals surface area (Å²) in [5, 5.41) is 0. The molecule has 0 bridgehead atoms. The van der Waals surface area contributed by atoms with E-state index in [0.29, 0.717) is 18.9 Å². The number of nitrogens with two attached hydrogens (primary N) is 1. The summed E-state index contributed by atoms with van der Waals surface area (Å²) in [7, 11) is 0. The molecule has 3 rings (SSSR count). The van der Waals surface area contributed by atoms with Crippen LogP contribution in [0, 0.1) is 0 Å². The largest absolute Gasteiger partial charge is 0.573 e. The zero-order valence-corrected chi connectivity index (χ0v) is 12.2. The van der Waals surface area contributed by atoms with E-state index in [1.165, 1.54) is 18.5 Å². The van der Waals surface area contributed by atoms with Crippen LogP contribution in [0.3, 0.4) is 0 Å². The average Bonchev–Trinajstić information content (AvgIpc) is 2.46. The van der Waals surface area contributed by atoms with E-state index in [1.807, 2.05) is 0 Å². The van der Waals surface area contributed by atoms with E-state index in [1.54, 1.807) is 12.1 Å². The van der Waals surface area contributed by atoms with E-state index in [4.69, 9.17) is 5.73 Å². The Morgan fingerprint density at radius 2 is 2.09 bits per heavy atom. The third kappa shape index (κ3) is 3.89. The van der Waals surface area contributed by atoms with Crippen LogP contribution in [0.2, 0.25) is 0 Å². The van der Waals surface area contributed by atoms with Crippen molar-refractivity contribution in [3.05, 3.63) is 47.4 Å². The molecule has 0 spiro atoms. The molecule has 0 fully saturated rings. The third-order valence-electron chi connectivity index (χ3n) is 3.66. The molecule has 0 amide bonds. The maximum absolute atomic E-state index is 12.3. The van der Waals surface area contributed by atoms with Gasteiger partial charge in [-0.3, -0.25) is 4.90 Å². The van der Waals surface area contributed by atoms with Gasteiger partial charge in [0.15, 0.2) is 0 Å². The molecule has 8 heteroatoms. The average molecular weight is 324 g/mol. The quantitative estimate of drug-likeness (QED) is 0.940. The van der Waals surface area contributed by atoms with Crippen molar-refractivity contribution in [2.75, 3.05) is 12.3 Å². The number of nitrogens with zero attached hydrogens (tertiary/aromatic N) is 3. The second kappa shape index (κ2) is 6.04. The molecular weight excluding hydrogens is 309 g/mol. The molecule has 1 aliphatic heterocycles. The van der Waals surface area contributed by atoms with Gasteiger partial charge in [-0.2, -0.15) is 0 Å². The number of rotatable bonds is 3. The summed E-state index contributed by atoms with van der Waals surface area (Å²) in [5.41, 5.74) is 8.40. The number of nitrogen functional groups attached to an aromatic ring is 1. The summed E-state index contributed by atoms with van der Waals surface area (Å²) < 4.78 is 40.8. The first-order chi connectivity index (χ1) is 10.9. The van der Waals surface area contributed by atoms with Gasteiger partial charge >= 0.3 is 6.36 Å². The summed E-state index contributed by atoms with van der Waals surface area (Å²) in [6.07, 6.45) is -2.53. The minimum absolute atomic E-state index is 0.209. The molecule has 1 aromatic heterocycles. The molecule has 2 N–H and O–H groups in total. The van der Waals surface area contributed by atoms with Crippen LogP contribution >= 0.6 is 0 Å². The highest BCUT2D eigenvalue weighted by molar-refractivity contribution is 5.42. The summed E-state index contributed by atoms with van der Waals surface area (Å²) >= 11 is 0. The normalized spacial score (nSPS) is 15.3. The SMILES string of the molecule is Nc1ncnc2c1CCN(Cc1cccc(OC(F)(F)F)c1)C2. The highest BCUT2D eigenvalue weighted by Gasteiger charge is 2.31. The Balaban J connectivity index is 1.70. The lowest BCUT2D eigenvalue weighted by molar-refractivity contribution is -0.274. The molecule has 0 saturated heterocycles. The Hall–Kier alpha value is -2.35. The topological polar surface area (TPSA) is 64.3 Å². The van der Waals surface area contributed by atoms with Gasteiger partial charge in [0.1, 0.15) is 17.9 Å². The van der Waals surface area contributed by atoms with Crippen LogP contribution in [0.15, 0.2) is 30.6 Å². The van der Waals surface area contributed by atoms with Crippen molar-refractivity contribution in [3.8, 4) is 5.75 Å². The van der Waals surface area contributed by atoms with Crippen molar-refractivity contribution in [2.24, 2.45) is 0 Å². The van der Waals surface area contributed by atoms with Crippen LogP contribution in [-0.2, 0) is 19.5 Å². The number of hydrogen-bond acceptors (Lipinski definition) is 5. The molecule has 0 atom stereocenters. The van der Waals surface area contributed by atoms with Crippen molar-refractivity contribution >= 4 is 5.82 Å². The van der Waals surface area contributed by atoms with E-state index in [-0.39, 0.29) is 5.75 Å². The first-order valence-electron chi connectivity index (χ1n) is 7.06. The monoisotopic (exact) mass is 324 g/mol. The second-order valence-corrected chi connectivity index (χ2v) is 5.34. The molecule has 5 nitrogen and oxygen atoms in total. The van der Waals surface area contributed by atoms with Crippen molar-refractivity contribution in [2.45, 2.75) is 25.9 Å². The van der Waals surface area contributed by atoms with Gasteiger partial charge in [0.05, 0.1) is 5.69 Å². The van der Waals surface area contributed by atoms with Crippen molar-refractivity contribution in [1.82, 2.24) is 14.9 Å². The minimum atomic E-state index is -4.68. The summed E-state index contributed by atoms with van der Waals surface area (Å²) in [6, 6.07) is 6.01. The highest BCUT2D eigenvalue weighted by atomic mass is 19.4. The molecule has 0 saturated carbocycles. The van der Waals surface area contributed by atoms with Crippen LogP contribution in [0.1, 0.15) is 16.8 Å². The van der Waals surface area contributed by atoms with E-state index in [2.05, 4.69) is 19.6 Å². The van der Waals surface area contributed by atoms with Gasteiger partial charge in [0.2, 0.25) is 0 Å². The predicted molar refractivity (Wildman–Crippen MR) is 77.4 cm³/mol. The molecular formula is C15H15F3N4O. The molecule has 0 aliphatic carbocycles. The number of hydrogen-bond donors (Lipinski definition) is 1. The van der Waals surface area contributed by atoms with Crippen molar-refractivity contribution < 1.29 is 17.9 Å². The van der Waals surface area contributed by atoms with Crippen LogP contribution in [0.5, 0.6) is 5.75 Å². The molecule has 23 heavy (non-hydrogen) atoms. The van der Waals surface area contributed by atoms with Gasteiger partial charge in [-0.25, -0.2) is 9.97 Å². The van der Waals surface area contributed by atoms with Crippen LogP contribution < -0.4 is 10.5 Å². The Bertz CT molecular complexity index is 705. The summed E-state index contributed by atoms with van der Waals surface area (Å²) in [6.45, 7) is 1.85. The number of benzene rings is 1. The number of halogens is 3. The summed E-state index contributed by atoms with van der Waals surface area (Å²) in [5.74, 6) is 0.286. The number of fused-ring (bicyclic) bond motifs is 1. The van der Waals surface area contributed by atoms with Crippen LogP contribution in [0.4, 0.5) is 19.0 Å². The fourth-order valence-electron chi connectivity index (χ4n) is 2.67. The van der Waals surface area contributed by atoms with E-state index in [9.17, 15) is 13.2 Å². The Morgan fingerprint density at radius 3 is 2.87 bits per heavy atom. The third-order valence-corrected chi connectivity index (χ3v) is 3.66. The number of ether oxygens (including phenoxy) is 1. The molecule has 2 aromatic rings. The van der Waals surface area contributed by atoms with Gasteiger partial charge in [-0.1, -0.05) is 12.1 Å². The van der Waals surface area contributed by atoms with Gasteiger partial charge in [-0.15, -0.1) is 13.2 Å². The maximum atomic E-state index is 12.3.